The van der Waals surface area contributed by atoms with Crippen molar-refractivity contribution >= 4 is 45.6 Å². The van der Waals surface area contributed by atoms with Gasteiger partial charge >= 0.3 is 0 Å². The van der Waals surface area contributed by atoms with Crippen LogP contribution in [-0.2, 0) is 10.0 Å². The fourth-order valence-corrected chi connectivity index (χ4v) is 1.86. The van der Waals surface area contributed by atoms with Crippen molar-refractivity contribution in [1.29, 1.82) is 0 Å². The minimum Gasteiger partial charge on any atom is -0.370 e. The molecule has 0 heterocycles. The van der Waals surface area contributed by atoms with Crippen molar-refractivity contribution in [3.8, 4) is 0 Å². The minimum absolute atomic E-state index is 0. The lowest BCUT2D eigenvalue weighted by Gasteiger charge is -2.10. The number of nitrogens with zero attached hydrogens (tertiary/aromatic N) is 2. The van der Waals surface area contributed by atoms with Crippen LogP contribution >= 0.6 is 24.0 Å². The Bertz CT molecular complexity index is 503. The second-order valence-electron chi connectivity index (χ2n) is 3.86. The Balaban J connectivity index is 0.00000324. The van der Waals surface area contributed by atoms with Gasteiger partial charge in [0.05, 0.1) is 12.3 Å². The number of guanidine groups is 1. The number of anilines is 1. The van der Waals surface area contributed by atoms with Crippen molar-refractivity contribution in [3.05, 3.63) is 30.3 Å². The highest BCUT2D eigenvalue weighted by Crippen LogP contribution is 2.03. The zero-order chi connectivity index (χ0) is 13.6. The molecule has 0 spiro atoms. The normalized spacial score (nSPS) is 12.1. The molecule has 0 fully saturated rings. The van der Waals surface area contributed by atoms with Gasteiger partial charge in [0, 0.05) is 19.8 Å². The van der Waals surface area contributed by atoms with Crippen LogP contribution in [0.2, 0.25) is 0 Å². The SMILES string of the molecule is CN(C)S(=O)(=O)CCN=C(N)Nc1ccccc1.I. The molecule has 19 heavy (non-hydrogen) atoms. The monoisotopic (exact) mass is 398 g/mol. The molecule has 0 aliphatic rings. The van der Waals surface area contributed by atoms with E-state index < -0.39 is 10.0 Å². The summed E-state index contributed by atoms with van der Waals surface area (Å²) in [5.74, 6) is 0.145. The van der Waals surface area contributed by atoms with Crippen molar-refractivity contribution in [2.45, 2.75) is 0 Å². The molecule has 3 N–H and O–H groups in total. The summed E-state index contributed by atoms with van der Waals surface area (Å²) in [4.78, 5) is 3.96. The Hall–Kier alpha value is -0.870. The highest BCUT2D eigenvalue weighted by atomic mass is 127. The predicted octanol–water partition coefficient (Wildman–Crippen LogP) is 0.923. The van der Waals surface area contributed by atoms with Gasteiger partial charge in [-0.25, -0.2) is 12.7 Å². The first-order valence-corrected chi connectivity index (χ1v) is 7.05. The van der Waals surface area contributed by atoms with E-state index in [1.807, 2.05) is 30.3 Å². The molecule has 0 radical (unpaired) electrons. The van der Waals surface area contributed by atoms with Gasteiger partial charge in [0.15, 0.2) is 5.96 Å². The average Bonchev–Trinajstić information content (AvgIpc) is 2.29. The molecule has 0 atom stereocenters. The van der Waals surface area contributed by atoms with Crippen LogP contribution in [0.15, 0.2) is 35.3 Å². The minimum atomic E-state index is -3.22. The first-order chi connectivity index (χ1) is 8.42. The van der Waals surface area contributed by atoms with Gasteiger partial charge in [-0.2, -0.15) is 0 Å². The molecule has 0 bridgehead atoms. The molecule has 0 saturated heterocycles. The van der Waals surface area contributed by atoms with Crippen LogP contribution in [0.25, 0.3) is 0 Å². The zero-order valence-corrected chi connectivity index (χ0v) is 14.1. The van der Waals surface area contributed by atoms with E-state index in [9.17, 15) is 8.42 Å². The quantitative estimate of drug-likeness (QED) is 0.439. The molecule has 108 valence electrons. The molecule has 0 saturated carbocycles. The Kier molecular flexibility index (Phi) is 7.95. The van der Waals surface area contributed by atoms with Gasteiger partial charge in [-0.15, -0.1) is 24.0 Å². The molecule has 0 unspecified atom stereocenters. The van der Waals surface area contributed by atoms with E-state index in [-0.39, 0.29) is 42.2 Å². The highest BCUT2D eigenvalue weighted by molar-refractivity contribution is 14.0. The van der Waals surface area contributed by atoms with E-state index in [4.69, 9.17) is 5.73 Å². The van der Waals surface area contributed by atoms with E-state index >= 15 is 0 Å². The second kappa shape index (κ2) is 8.33. The maximum Gasteiger partial charge on any atom is 0.215 e. The zero-order valence-electron chi connectivity index (χ0n) is 10.9. The molecule has 6 nitrogen and oxygen atoms in total. The van der Waals surface area contributed by atoms with Crippen LogP contribution < -0.4 is 11.1 Å². The molecule has 0 aliphatic heterocycles. The van der Waals surface area contributed by atoms with E-state index in [0.29, 0.717) is 0 Å². The summed E-state index contributed by atoms with van der Waals surface area (Å²) in [6, 6.07) is 9.32. The smallest absolute Gasteiger partial charge is 0.215 e. The number of nitrogens with two attached hydrogens (primary N) is 1. The van der Waals surface area contributed by atoms with Gasteiger partial charge in [0.25, 0.3) is 0 Å². The lowest BCUT2D eigenvalue weighted by molar-refractivity contribution is 0.521. The number of nitrogens with one attached hydrogen (secondary N) is 1. The van der Waals surface area contributed by atoms with Gasteiger partial charge in [0.2, 0.25) is 10.0 Å². The van der Waals surface area contributed by atoms with Gasteiger partial charge in [-0.05, 0) is 12.1 Å². The Morgan fingerprint density at radius 2 is 1.89 bits per heavy atom. The number of aliphatic imine (C=N–C) groups is 1. The third-order valence-electron chi connectivity index (χ3n) is 2.23. The van der Waals surface area contributed by atoms with Crippen molar-refractivity contribution in [2.75, 3.05) is 31.7 Å². The number of rotatable bonds is 5. The van der Waals surface area contributed by atoms with Gasteiger partial charge < -0.3 is 11.1 Å². The number of sulfonamides is 1. The van der Waals surface area contributed by atoms with E-state index in [1.165, 1.54) is 18.4 Å². The molecule has 1 aromatic rings. The molecule has 0 aliphatic carbocycles. The van der Waals surface area contributed by atoms with E-state index in [0.717, 1.165) is 5.69 Å². The summed E-state index contributed by atoms with van der Waals surface area (Å²) < 4.78 is 24.1. The number of hydrogen-bond donors (Lipinski definition) is 2. The lowest BCUT2D eigenvalue weighted by atomic mass is 10.3. The fourth-order valence-electron chi connectivity index (χ4n) is 1.17. The van der Waals surface area contributed by atoms with Crippen LogP contribution in [0.5, 0.6) is 0 Å². The standard InChI is InChI=1S/C11H18N4O2S.HI/c1-15(2)18(16,17)9-8-13-11(12)14-10-6-4-3-5-7-10;/h3-7H,8-9H2,1-2H3,(H3,12,13,14);1H. The first-order valence-electron chi connectivity index (χ1n) is 5.44. The lowest BCUT2D eigenvalue weighted by Crippen LogP contribution is -2.28. The summed E-state index contributed by atoms with van der Waals surface area (Å²) in [5, 5.41) is 2.88. The largest absolute Gasteiger partial charge is 0.370 e. The summed E-state index contributed by atoms with van der Waals surface area (Å²) in [6.07, 6.45) is 0. The third-order valence-corrected chi connectivity index (χ3v) is 4.05. The van der Waals surface area contributed by atoms with Crippen molar-refractivity contribution in [2.24, 2.45) is 10.7 Å². The predicted molar refractivity (Wildman–Crippen MR) is 89.4 cm³/mol. The number of para-hydroxylation sites is 1. The van der Waals surface area contributed by atoms with Gasteiger partial charge in [-0.3, -0.25) is 4.99 Å². The average molecular weight is 398 g/mol. The molecule has 0 amide bonds. The topological polar surface area (TPSA) is 87.8 Å². The van der Waals surface area contributed by atoms with Crippen molar-refractivity contribution < 1.29 is 8.42 Å². The molecule has 8 heteroatoms. The summed E-state index contributed by atoms with van der Waals surface area (Å²) >= 11 is 0. The first kappa shape index (κ1) is 18.1. The Morgan fingerprint density at radius 3 is 2.42 bits per heavy atom. The number of halogens is 1. The maximum atomic E-state index is 11.5. The van der Waals surface area contributed by atoms with Crippen molar-refractivity contribution in [1.82, 2.24) is 4.31 Å². The van der Waals surface area contributed by atoms with Crippen molar-refractivity contribution in [3.63, 3.8) is 0 Å². The van der Waals surface area contributed by atoms with E-state index in [1.54, 1.807) is 0 Å². The molecular formula is C11H19IN4O2S. The highest BCUT2D eigenvalue weighted by Gasteiger charge is 2.12. The molecular weight excluding hydrogens is 379 g/mol. The molecule has 1 aromatic carbocycles. The summed E-state index contributed by atoms with van der Waals surface area (Å²) in [5.41, 5.74) is 6.46. The van der Waals surface area contributed by atoms with Gasteiger partial charge in [0.1, 0.15) is 0 Å². The second-order valence-corrected chi connectivity index (χ2v) is 6.16. The third kappa shape index (κ3) is 6.73. The maximum absolute atomic E-state index is 11.5. The van der Waals surface area contributed by atoms with Crippen LogP contribution in [-0.4, -0.2) is 45.1 Å². The Morgan fingerprint density at radius 1 is 1.32 bits per heavy atom. The summed E-state index contributed by atoms with van der Waals surface area (Å²) in [7, 11) is -0.242. The summed E-state index contributed by atoms with van der Waals surface area (Å²) in [6.45, 7) is 0.131. The van der Waals surface area contributed by atoms with Gasteiger partial charge in [-0.1, -0.05) is 18.2 Å². The van der Waals surface area contributed by atoms with Crippen LogP contribution in [0.3, 0.4) is 0 Å². The van der Waals surface area contributed by atoms with Crippen LogP contribution in [0.1, 0.15) is 0 Å². The van der Waals surface area contributed by atoms with Crippen LogP contribution in [0, 0.1) is 0 Å². The molecule has 0 aromatic heterocycles. The van der Waals surface area contributed by atoms with E-state index in [2.05, 4.69) is 10.3 Å². The van der Waals surface area contributed by atoms with Crippen LogP contribution in [0.4, 0.5) is 5.69 Å². The molecule has 1 rings (SSSR count). The number of hydrogen-bond acceptors (Lipinski definition) is 3. The Labute approximate surface area is 131 Å². The fraction of sp³-hybridized carbons (Fsp3) is 0.364. The number of benzene rings is 1.